The second kappa shape index (κ2) is 9.80. The molecular weight excluding hydrogens is 427 g/mol. The molecule has 0 atom stereocenters. The molecule has 1 aromatic heterocycles. The van der Waals surface area contributed by atoms with Gasteiger partial charge in [-0.25, -0.2) is 4.39 Å². The van der Waals surface area contributed by atoms with Crippen LogP contribution < -0.4 is 15.0 Å². The van der Waals surface area contributed by atoms with Gasteiger partial charge < -0.3 is 19.7 Å². The van der Waals surface area contributed by atoms with Crippen molar-refractivity contribution in [2.45, 2.75) is 39.7 Å². The molecule has 2 saturated heterocycles. The van der Waals surface area contributed by atoms with Crippen molar-refractivity contribution in [3.8, 4) is 6.01 Å². The van der Waals surface area contributed by atoms with Crippen molar-refractivity contribution in [3.05, 3.63) is 21.9 Å². The summed E-state index contributed by atoms with van der Waals surface area (Å²) in [5.41, 5.74) is 1.13. The van der Waals surface area contributed by atoms with Crippen LogP contribution in [0.2, 0.25) is 0 Å². The van der Waals surface area contributed by atoms with Crippen LogP contribution in [0.1, 0.15) is 32.3 Å². The summed E-state index contributed by atoms with van der Waals surface area (Å²) in [5, 5.41) is 4.06. The number of piperazine rings is 1. The van der Waals surface area contributed by atoms with Crippen LogP contribution in [-0.4, -0.2) is 55.5 Å². The largest absolute Gasteiger partial charge is 0.460 e. The van der Waals surface area contributed by atoms with Crippen LogP contribution in [0.25, 0.3) is 10.9 Å². The van der Waals surface area contributed by atoms with Crippen LogP contribution in [0.15, 0.2) is 10.5 Å². The number of benzene rings is 1. The Kier molecular flexibility index (Phi) is 7.42. The quantitative estimate of drug-likeness (QED) is 0.760. The van der Waals surface area contributed by atoms with Gasteiger partial charge >= 0.3 is 6.01 Å². The molecule has 28 heavy (non-hydrogen) atoms. The maximum atomic E-state index is 14.9. The number of hydrogen-bond donors (Lipinski definition) is 1. The molecular formula is C20H28BrFN4O2. The van der Waals surface area contributed by atoms with Crippen molar-refractivity contribution in [2.75, 3.05) is 44.3 Å². The average molecular weight is 455 g/mol. The van der Waals surface area contributed by atoms with E-state index in [1.165, 1.54) is 0 Å². The fraction of sp³-hybridized carbons (Fsp3) is 0.600. The summed E-state index contributed by atoms with van der Waals surface area (Å²) in [4.78, 5) is 11.2. The molecule has 2 aliphatic heterocycles. The summed E-state index contributed by atoms with van der Waals surface area (Å²) < 4.78 is 26.7. The van der Waals surface area contributed by atoms with Gasteiger partial charge in [0.05, 0.1) is 17.7 Å². The molecule has 0 amide bonds. The summed E-state index contributed by atoms with van der Waals surface area (Å²) in [5.74, 6) is 0.378. The van der Waals surface area contributed by atoms with Crippen LogP contribution in [-0.2, 0) is 4.74 Å². The molecule has 2 aromatic rings. The minimum Gasteiger partial charge on any atom is -0.460 e. The molecule has 1 N–H and O–H groups in total. The van der Waals surface area contributed by atoms with Crippen LogP contribution >= 0.6 is 15.9 Å². The van der Waals surface area contributed by atoms with Gasteiger partial charge in [-0.3, -0.25) is 0 Å². The lowest BCUT2D eigenvalue weighted by molar-refractivity contribution is 0.0219. The maximum absolute atomic E-state index is 14.9. The van der Waals surface area contributed by atoms with Crippen molar-refractivity contribution in [1.29, 1.82) is 0 Å². The van der Waals surface area contributed by atoms with E-state index in [4.69, 9.17) is 9.47 Å². The Morgan fingerprint density at radius 2 is 1.89 bits per heavy atom. The van der Waals surface area contributed by atoms with E-state index in [9.17, 15) is 4.39 Å². The number of anilines is 1. The van der Waals surface area contributed by atoms with Crippen molar-refractivity contribution in [1.82, 2.24) is 15.3 Å². The molecule has 1 aromatic carbocycles. The molecule has 0 aliphatic carbocycles. The summed E-state index contributed by atoms with van der Waals surface area (Å²) in [6.07, 6.45) is 1.60. The standard InChI is InChI=1S/C18H22BrFN4O2.C2H6/c1-11-10-13-16(15(20)14(11)19)22-18(26-12-2-8-25-9-3-12)23-17(13)24-6-4-21-5-7-24;1-2/h10,12,21H,2-9H2,1H3;1-2H3. The molecule has 154 valence electrons. The number of nitrogens with zero attached hydrogens (tertiary/aromatic N) is 3. The number of aryl methyl sites for hydroxylation is 1. The summed E-state index contributed by atoms with van der Waals surface area (Å²) in [7, 11) is 0. The Bertz CT molecular complexity index is 809. The number of fused-ring (bicyclic) bond motifs is 1. The van der Waals surface area contributed by atoms with E-state index < -0.39 is 0 Å². The van der Waals surface area contributed by atoms with E-state index in [1.54, 1.807) is 0 Å². The second-order valence-corrected chi connectivity index (χ2v) is 7.51. The van der Waals surface area contributed by atoms with E-state index in [1.807, 2.05) is 26.8 Å². The monoisotopic (exact) mass is 454 g/mol. The molecule has 0 unspecified atom stereocenters. The number of ether oxygens (including phenoxy) is 2. The highest BCUT2D eigenvalue weighted by Gasteiger charge is 2.23. The fourth-order valence-corrected chi connectivity index (χ4v) is 3.71. The molecule has 0 spiro atoms. The topological polar surface area (TPSA) is 59.5 Å². The number of halogens is 2. The van der Waals surface area contributed by atoms with Gasteiger partial charge in [0, 0.05) is 44.4 Å². The molecule has 6 nitrogen and oxygen atoms in total. The first kappa shape index (κ1) is 21.2. The van der Waals surface area contributed by atoms with E-state index in [0.29, 0.717) is 23.2 Å². The van der Waals surface area contributed by atoms with Gasteiger partial charge in [0.2, 0.25) is 0 Å². The maximum Gasteiger partial charge on any atom is 0.319 e. The first-order valence-corrected chi connectivity index (χ1v) is 10.8. The number of aromatic nitrogens is 2. The molecule has 4 rings (SSSR count). The number of nitrogens with one attached hydrogen (secondary N) is 1. The third-order valence-electron chi connectivity index (χ3n) is 4.87. The van der Waals surface area contributed by atoms with Gasteiger partial charge in [-0.1, -0.05) is 13.8 Å². The highest BCUT2D eigenvalue weighted by Crippen LogP contribution is 2.34. The minimum absolute atomic E-state index is 0.00835. The average Bonchev–Trinajstić information content (AvgIpc) is 2.75. The van der Waals surface area contributed by atoms with E-state index in [0.717, 1.165) is 55.8 Å². The lowest BCUT2D eigenvalue weighted by Crippen LogP contribution is -2.44. The Balaban J connectivity index is 0.00000109. The zero-order valence-corrected chi connectivity index (χ0v) is 18.3. The van der Waals surface area contributed by atoms with Gasteiger partial charge in [-0.2, -0.15) is 9.97 Å². The number of rotatable bonds is 3. The predicted molar refractivity (Wildman–Crippen MR) is 113 cm³/mol. The minimum atomic E-state index is -0.365. The molecule has 2 fully saturated rings. The van der Waals surface area contributed by atoms with Crippen molar-refractivity contribution in [3.63, 3.8) is 0 Å². The van der Waals surface area contributed by atoms with Gasteiger partial charge in [0.15, 0.2) is 5.82 Å². The lowest BCUT2D eigenvalue weighted by atomic mass is 10.1. The lowest BCUT2D eigenvalue weighted by Gasteiger charge is -2.30. The van der Waals surface area contributed by atoms with Gasteiger partial charge in [0.1, 0.15) is 17.4 Å². The summed E-state index contributed by atoms with van der Waals surface area (Å²) in [6, 6.07) is 2.19. The summed E-state index contributed by atoms with van der Waals surface area (Å²) >= 11 is 3.33. The Labute approximate surface area is 173 Å². The zero-order valence-electron chi connectivity index (χ0n) is 16.7. The van der Waals surface area contributed by atoms with Crippen molar-refractivity contribution >= 4 is 32.7 Å². The van der Waals surface area contributed by atoms with Gasteiger partial charge in [-0.15, -0.1) is 0 Å². The predicted octanol–water partition coefficient (Wildman–Crippen LogP) is 3.83. The van der Waals surface area contributed by atoms with Crippen LogP contribution in [0.5, 0.6) is 6.01 Å². The number of hydrogen-bond acceptors (Lipinski definition) is 6. The van der Waals surface area contributed by atoms with E-state index >= 15 is 0 Å². The SMILES string of the molecule is CC.Cc1cc2c(N3CCNCC3)nc(OC3CCOCC3)nc2c(F)c1Br. The fourth-order valence-electron chi connectivity index (χ4n) is 3.41. The molecule has 8 heteroatoms. The molecule has 2 aliphatic rings. The smallest absolute Gasteiger partial charge is 0.319 e. The van der Waals surface area contributed by atoms with Gasteiger partial charge in [-0.05, 0) is 34.5 Å². The highest BCUT2D eigenvalue weighted by molar-refractivity contribution is 9.10. The summed E-state index contributed by atoms with van der Waals surface area (Å²) in [6.45, 7) is 10.6. The molecule has 0 bridgehead atoms. The molecule has 0 saturated carbocycles. The third kappa shape index (κ3) is 4.55. The first-order chi connectivity index (χ1) is 13.6. The van der Waals surface area contributed by atoms with E-state index in [2.05, 4.69) is 36.1 Å². The molecule has 0 radical (unpaired) electrons. The van der Waals surface area contributed by atoms with Crippen LogP contribution in [0.4, 0.5) is 10.2 Å². The Morgan fingerprint density at radius 1 is 1.21 bits per heavy atom. The van der Waals surface area contributed by atoms with Gasteiger partial charge in [0.25, 0.3) is 0 Å². The first-order valence-electron chi connectivity index (χ1n) is 10.00. The van der Waals surface area contributed by atoms with Crippen LogP contribution in [0.3, 0.4) is 0 Å². The second-order valence-electron chi connectivity index (χ2n) is 6.71. The Hall–Kier alpha value is -1.51. The highest BCUT2D eigenvalue weighted by atomic mass is 79.9. The van der Waals surface area contributed by atoms with Crippen molar-refractivity contribution < 1.29 is 13.9 Å². The molecule has 3 heterocycles. The normalized spacial score (nSPS) is 18.0. The Morgan fingerprint density at radius 3 is 2.57 bits per heavy atom. The third-order valence-corrected chi connectivity index (χ3v) is 5.84. The zero-order chi connectivity index (χ0) is 20.1. The van der Waals surface area contributed by atoms with Crippen molar-refractivity contribution in [2.24, 2.45) is 0 Å². The van der Waals surface area contributed by atoms with Crippen LogP contribution in [0, 0.1) is 12.7 Å². The van der Waals surface area contributed by atoms with E-state index in [-0.39, 0.29) is 17.9 Å².